The van der Waals surface area contributed by atoms with E-state index in [2.05, 4.69) is 0 Å². The lowest BCUT2D eigenvalue weighted by Crippen LogP contribution is -2.30. The van der Waals surface area contributed by atoms with Gasteiger partial charge in [-0.25, -0.2) is 4.79 Å². The van der Waals surface area contributed by atoms with E-state index in [4.69, 9.17) is 16.7 Å². The first kappa shape index (κ1) is 8.07. The topological polar surface area (TPSA) is 42.2 Å². The quantitative estimate of drug-likeness (QED) is 0.694. The van der Waals surface area contributed by atoms with E-state index in [0.29, 0.717) is 0 Å². The van der Waals surface area contributed by atoms with Gasteiger partial charge in [0.2, 0.25) is 0 Å². The molecule has 1 N–H and O–H groups in total. The first-order chi connectivity index (χ1) is 5.05. The van der Waals surface area contributed by atoms with Gasteiger partial charge < -0.3 is 5.11 Å². The van der Waals surface area contributed by atoms with Gasteiger partial charge in [-0.1, -0.05) is 0 Å². The van der Waals surface area contributed by atoms with Crippen molar-refractivity contribution in [3.63, 3.8) is 0 Å². The smallest absolute Gasteiger partial charge is 0.379 e. The van der Waals surface area contributed by atoms with Crippen molar-refractivity contribution in [3.05, 3.63) is 24.5 Å². The number of carboxylic acids is 1. The van der Waals surface area contributed by atoms with Crippen molar-refractivity contribution in [2.45, 2.75) is 5.25 Å². The van der Waals surface area contributed by atoms with Crippen molar-refractivity contribution >= 4 is 17.6 Å². The molecule has 5 heteroatoms. The van der Waals surface area contributed by atoms with Crippen LogP contribution in [0.25, 0.3) is 0 Å². The van der Waals surface area contributed by atoms with E-state index >= 15 is 0 Å². The number of alkyl halides is 2. The number of rotatable bonds is 2. The van der Waals surface area contributed by atoms with E-state index < -0.39 is 11.2 Å². The number of nitrogens with zero attached hydrogens (tertiary/aromatic N) is 1. The molecule has 1 heterocycles. The highest BCUT2D eigenvalue weighted by atomic mass is 35.5. The molecule has 0 bridgehead atoms. The van der Waals surface area contributed by atoms with Crippen molar-refractivity contribution in [2.75, 3.05) is 0 Å². The fourth-order valence-corrected chi connectivity index (χ4v) is 0.745. The monoisotopic (exact) mass is 177 g/mol. The lowest BCUT2D eigenvalue weighted by Gasteiger charge is -2.13. The maximum Gasteiger partial charge on any atom is 0.379 e. The van der Waals surface area contributed by atoms with Gasteiger partial charge in [0.15, 0.2) is 0 Å². The average molecular weight is 178 g/mol. The number of carboxylic acid groups (broad SMARTS) is 1. The Morgan fingerprint density at radius 3 is 2.36 bits per heavy atom. The minimum atomic E-state index is -2.87. The summed E-state index contributed by atoms with van der Waals surface area (Å²) in [7, 11) is 0. The first-order valence-corrected chi connectivity index (χ1v) is 3.17. The van der Waals surface area contributed by atoms with E-state index in [-0.39, 0.29) is 0 Å². The van der Waals surface area contributed by atoms with Crippen LogP contribution in [0, 0.1) is 0 Å². The highest BCUT2D eigenvalue weighted by Gasteiger charge is 2.37. The van der Waals surface area contributed by atoms with Gasteiger partial charge in [0.25, 0.3) is 0 Å². The standard InChI is InChI=1S/C6H5ClFNO2/c7-6(8,5(10)11)9-3-1-2-4-9/h1-4H,(H,10,11). The number of carbonyl (C=O) groups is 1. The molecule has 0 amide bonds. The van der Waals surface area contributed by atoms with Crippen LogP contribution in [0.5, 0.6) is 0 Å². The van der Waals surface area contributed by atoms with Gasteiger partial charge >= 0.3 is 11.2 Å². The number of aliphatic carboxylic acids is 1. The predicted molar refractivity (Wildman–Crippen MR) is 37.0 cm³/mol. The Bertz CT molecular complexity index is 258. The van der Waals surface area contributed by atoms with Crippen LogP contribution < -0.4 is 0 Å². The molecular weight excluding hydrogens is 173 g/mol. The molecule has 0 aliphatic carbocycles. The highest BCUT2D eigenvalue weighted by Crippen LogP contribution is 2.23. The zero-order chi connectivity index (χ0) is 8.48. The Kier molecular flexibility index (Phi) is 1.87. The van der Waals surface area contributed by atoms with Crippen LogP contribution in [-0.4, -0.2) is 15.6 Å². The maximum absolute atomic E-state index is 12.9. The van der Waals surface area contributed by atoms with E-state index in [1.807, 2.05) is 0 Å². The summed E-state index contributed by atoms with van der Waals surface area (Å²) >= 11 is 5.03. The zero-order valence-corrected chi connectivity index (χ0v) is 6.12. The molecule has 0 aliphatic rings. The molecule has 0 aromatic carbocycles. The molecule has 1 aromatic rings. The van der Waals surface area contributed by atoms with Crippen molar-refractivity contribution in [1.82, 2.24) is 4.57 Å². The third-order valence-electron chi connectivity index (χ3n) is 1.19. The van der Waals surface area contributed by atoms with Crippen LogP contribution >= 0.6 is 11.6 Å². The lowest BCUT2D eigenvalue weighted by atomic mass is 10.6. The van der Waals surface area contributed by atoms with E-state index in [1.54, 1.807) is 0 Å². The Hall–Kier alpha value is -1.03. The Balaban J connectivity index is 3.00. The van der Waals surface area contributed by atoms with E-state index in [1.165, 1.54) is 24.5 Å². The molecule has 1 atom stereocenters. The second kappa shape index (κ2) is 2.54. The Labute approximate surface area is 67.0 Å². The molecule has 1 rings (SSSR count). The summed E-state index contributed by atoms with van der Waals surface area (Å²) in [5, 5.41) is 5.41. The van der Waals surface area contributed by atoms with Gasteiger partial charge in [-0.15, -0.1) is 0 Å². The molecular formula is C6H5ClFNO2. The Morgan fingerprint density at radius 1 is 1.55 bits per heavy atom. The first-order valence-electron chi connectivity index (χ1n) is 2.80. The minimum Gasteiger partial charge on any atom is -0.476 e. The summed E-state index contributed by atoms with van der Waals surface area (Å²) in [4.78, 5) is 10.2. The van der Waals surface area contributed by atoms with Gasteiger partial charge in [0.05, 0.1) is 0 Å². The average Bonchev–Trinajstić information content (AvgIpc) is 2.37. The summed E-state index contributed by atoms with van der Waals surface area (Å²) in [6.45, 7) is 0. The van der Waals surface area contributed by atoms with Crippen molar-refractivity contribution in [3.8, 4) is 0 Å². The summed E-state index contributed by atoms with van der Waals surface area (Å²) < 4.78 is 13.7. The van der Waals surface area contributed by atoms with Crippen LogP contribution in [0.2, 0.25) is 0 Å². The second-order valence-corrected chi connectivity index (χ2v) is 2.44. The number of aromatic nitrogens is 1. The maximum atomic E-state index is 12.9. The van der Waals surface area contributed by atoms with Gasteiger partial charge in [-0.05, 0) is 23.7 Å². The zero-order valence-electron chi connectivity index (χ0n) is 5.37. The van der Waals surface area contributed by atoms with Gasteiger partial charge in [0, 0.05) is 12.4 Å². The highest BCUT2D eigenvalue weighted by molar-refractivity contribution is 6.30. The van der Waals surface area contributed by atoms with E-state index in [0.717, 1.165) is 4.57 Å². The molecule has 1 unspecified atom stereocenters. The molecule has 60 valence electrons. The fraction of sp³-hybridized carbons (Fsp3) is 0.167. The van der Waals surface area contributed by atoms with Crippen molar-refractivity contribution < 1.29 is 14.3 Å². The van der Waals surface area contributed by atoms with Crippen LogP contribution in [0.15, 0.2) is 24.5 Å². The summed E-state index contributed by atoms with van der Waals surface area (Å²) in [5.41, 5.74) is 0. The van der Waals surface area contributed by atoms with Crippen LogP contribution in [0.3, 0.4) is 0 Å². The fourth-order valence-electron chi connectivity index (χ4n) is 0.632. The summed E-state index contributed by atoms with van der Waals surface area (Å²) in [5.74, 6) is -1.73. The van der Waals surface area contributed by atoms with E-state index in [9.17, 15) is 9.18 Å². The number of hydrogen-bond donors (Lipinski definition) is 1. The van der Waals surface area contributed by atoms with Crippen molar-refractivity contribution in [2.24, 2.45) is 0 Å². The second-order valence-electron chi connectivity index (χ2n) is 1.94. The normalized spacial score (nSPS) is 15.8. The molecule has 11 heavy (non-hydrogen) atoms. The molecule has 3 nitrogen and oxygen atoms in total. The SMILES string of the molecule is O=C(O)C(F)(Cl)n1cccc1. The summed E-state index contributed by atoms with van der Waals surface area (Å²) in [6, 6.07) is 2.97. The Morgan fingerprint density at radius 2 is 2.00 bits per heavy atom. The summed E-state index contributed by atoms with van der Waals surface area (Å²) in [6.07, 6.45) is 2.47. The lowest BCUT2D eigenvalue weighted by molar-refractivity contribution is -0.150. The van der Waals surface area contributed by atoms with Crippen LogP contribution in [0.4, 0.5) is 4.39 Å². The van der Waals surface area contributed by atoms with Crippen molar-refractivity contribution in [1.29, 1.82) is 0 Å². The van der Waals surface area contributed by atoms with Crippen LogP contribution in [0.1, 0.15) is 0 Å². The molecule has 0 saturated heterocycles. The molecule has 0 saturated carbocycles. The minimum absolute atomic E-state index is 0.761. The largest absolute Gasteiger partial charge is 0.476 e. The molecule has 0 radical (unpaired) electrons. The number of halogens is 2. The third-order valence-corrected chi connectivity index (χ3v) is 1.54. The molecule has 0 aliphatic heterocycles. The van der Waals surface area contributed by atoms with Gasteiger partial charge in [-0.2, -0.15) is 4.39 Å². The van der Waals surface area contributed by atoms with Gasteiger partial charge in [0.1, 0.15) is 0 Å². The molecule has 0 spiro atoms. The molecule has 0 fully saturated rings. The van der Waals surface area contributed by atoms with Gasteiger partial charge in [-0.3, -0.25) is 4.57 Å². The molecule has 1 aromatic heterocycles. The predicted octanol–water partition coefficient (Wildman–Crippen LogP) is 1.39. The van der Waals surface area contributed by atoms with Crippen LogP contribution in [-0.2, 0) is 10.0 Å². The number of hydrogen-bond acceptors (Lipinski definition) is 1. The third kappa shape index (κ3) is 1.35.